The molecule has 0 spiro atoms. The van der Waals surface area contributed by atoms with Crippen molar-refractivity contribution in [2.45, 2.75) is 38.4 Å². The van der Waals surface area contributed by atoms with Crippen molar-refractivity contribution in [1.29, 1.82) is 0 Å². The predicted octanol–water partition coefficient (Wildman–Crippen LogP) is 2.65. The van der Waals surface area contributed by atoms with Gasteiger partial charge in [0.2, 0.25) is 5.91 Å². The molecule has 1 fully saturated rings. The Hall–Kier alpha value is -2.09. The second kappa shape index (κ2) is 8.53. The molecule has 0 atom stereocenters. The van der Waals surface area contributed by atoms with Crippen LogP contribution in [0, 0.1) is 0 Å². The molecular weight excluding hydrogens is 349 g/mol. The summed E-state index contributed by atoms with van der Waals surface area (Å²) in [6, 6.07) is 4.93. The third-order valence-corrected chi connectivity index (χ3v) is 4.69. The van der Waals surface area contributed by atoms with Gasteiger partial charge >= 0.3 is 12.1 Å². The summed E-state index contributed by atoms with van der Waals surface area (Å²) in [6.07, 6.45) is -3.17. The van der Waals surface area contributed by atoms with Gasteiger partial charge in [-0.25, -0.2) is 0 Å². The van der Waals surface area contributed by atoms with Gasteiger partial charge in [-0.15, -0.1) is 0 Å². The van der Waals surface area contributed by atoms with E-state index in [0.29, 0.717) is 38.0 Å². The standard InChI is InChI=1S/C18H23F3N2O3/c1-2-22(12-17(25)26)15-6-8-23(9-7-15)16(24)11-13-4-3-5-14(10-13)18(19,20)21/h3-5,10,15H,2,6-9,11-12H2,1H3,(H,25,26). The molecule has 1 aliphatic heterocycles. The second-order valence-corrected chi connectivity index (χ2v) is 6.44. The van der Waals surface area contributed by atoms with Gasteiger partial charge in [0.1, 0.15) is 0 Å². The van der Waals surface area contributed by atoms with Crippen LogP contribution in [0.25, 0.3) is 0 Å². The normalized spacial score (nSPS) is 16.1. The zero-order valence-electron chi connectivity index (χ0n) is 14.6. The van der Waals surface area contributed by atoms with Gasteiger partial charge in [0, 0.05) is 19.1 Å². The highest BCUT2D eigenvalue weighted by Crippen LogP contribution is 2.29. The molecule has 1 aromatic carbocycles. The van der Waals surface area contributed by atoms with Crippen LogP contribution in [0.5, 0.6) is 0 Å². The maximum absolute atomic E-state index is 12.8. The van der Waals surface area contributed by atoms with Gasteiger partial charge in [-0.3, -0.25) is 14.5 Å². The Morgan fingerprint density at radius 2 is 1.92 bits per heavy atom. The first-order chi connectivity index (χ1) is 12.2. The number of piperidine rings is 1. The largest absolute Gasteiger partial charge is 0.480 e. The molecule has 26 heavy (non-hydrogen) atoms. The zero-order valence-corrected chi connectivity index (χ0v) is 14.6. The van der Waals surface area contributed by atoms with E-state index in [1.54, 1.807) is 4.90 Å². The number of carboxylic acid groups (broad SMARTS) is 1. The number of likely N-dealkylation sites (N-methyl/N-ethyl adjacent to an activating group) is 1. The highest BCUT2D eigenvalue weighted by Gasteiger charge is 2.31. The molecule has 1 N–H and O–H groups in total. The molecule has 1 saturated heterocycles. The van der Waals surface area contributed by atoms with Crippen LogP contribution in [0.15, 0.2) is 24.3 Å². The first-order valence-corrected chi connectivity index (χ1v) is 8.60. The van der Waals surface area contributed by atoms with Crippen molar-refractivity contribution in [2.75, 3.05) is 26.2 Å². The molecule has 0 aliphatic carbocycles. The number of alkyl halides is 3. The predicted molar refractivity (Wildman–Crippen MR) is 89.6 cm³/mol. The van der Waals surface area contributed by atoms with E-state index in [1.165, 1.54) is 12.1 Å². The van der Waals surface area contributed by atoms with Crippen LogP contribution in [-0.2, 0) is 22.2 Å². The molecule has 5 nitrogen and oxygen atoms in total. The average molecular weight is 372 g/mol. The molecule has 8 heteroatoms. The fourth-order valence-corrected chi connectivity index (χ4v) is 3.30. The maximum atomic E-state index is 12.8. The molecule has 1 aromatic rings. The van der Waals surface area contributed by atoms with Crippen LogP contribution in [0.4, 0.5) is 13.2 Å². The van der Waals surface area contributed by atoms with E-state index in [0.717, 1.165) is 12.1 Å². The van der Waals surface area contributed by atoms with Crippen molar-refractivity contribution in [1.82, 2.24) is 9.80 Å². The summed E-state index contributed by atoms with van der Waals surface area (Å²) >= 11 is 0. The number of hydrogen-bond donors (Lipinski definition) is 1. The fraction of sp³-hybridized carbons (Fsp3) is 0.556. The number of carbonyl (C=O) groups excluding carboxylic acids is 1. The number of nitrogens with zero attached hydrogens (tertiary/aromatic N) is 2. The van der Waals surface area contributed by atoms with Crippen LogP contribution in [0.2, 0.25) is 0 Å². The molecule has 0 unspecified atom stereocenters. The van der Waals surface area contributed by atoms with Crippen LogP contribution in [0.3, 0.4) is 0 Å². The summed E-state index contributed by atoms with van der Waals surface area (Å²) in [5, 5.41) is 8.94. The van der Waals surface area contributed by atoms with Gasteiger partial charge in [-0.05, 0) is 31.0 Å². The van der Waals surface area contributed by atoms with Crippen LogP contribution in [-0.4, -0.2) is 59.0 Å². The van der Waals surface area contributed by atoms with Crippen LogP contribution < -0.4 is 0 Å². The van der Waals surface area contributed by atoms with Gasteiger partial charge in [0.15, 0.2) is 0 Å². The quantitative estimate of drug-likeness (QED) is 0.834. The molecule has 1 aliphatic rings. The van der Waals surface area contributed by atoms with Gasteiger partial charge in [-0.2, -0.15) is 13.2 Å². The van der Waals surface area contributed by atoms with Gasteiger partial charge < -0.3 is 10.0 Å². The number of aliphatic carboxylic acids is 1. The second-order valence-electron chi connectivity index (χ2n) is 6.44. The minimum atomic E-state index is -4.43. The smallest absolute Gasteiger partial charge is 0.416 e. The van der Waals surface area contributed by atoms with Crippen molar-refractivity contribution in [2.24, 2.45) is 0 Å². The van der Waals surface area contributed by atoms with E-state index in [4.69, 9.17) is 5.11 Å². The average Bonchev–Trinajstić information content (AvgIpc) is 2.59. The monoisotopic (exact) mass is 372 g/mol. The van der Waals surface area contributed by atoms with E-state index in [-0.39, 0.29) is 24.9 Å². The summed E-state index contributed by atoms with van der Waals surface area (Å²) in [5.74, 6) is -1.08. The van der Waals surface area contributed by atoms with Crippen LogP contribution in [0.1, 0.15) is 30.9 Å². The van der Waals surface area contributed by atoms with Crippen molar-refractivity contribution in [3.05, 3.63) is 35.4 Å². The van der Waals surface area contributed by atoms with E-state index < -0.39 is 17.7 Å². The minimum Gasteiger partial charge on any atom is -0.480 e. The lowest BCUT2D eigenvalue weighted by atomic mass is 10.0. The zero-order chi connectivity index (χ0) is 19.3. The summed E-state index contributed by atoms with van der Waals surface area (Å²) in [6.45, 7) is 3.46. The van der Waals surface area contributed by atoms with Crippen molar-refractivity contribution in [3.8, 4) is 0 Å². The Labute approximate surface area is 150 Å². The van der Waals surface area contributed by atoms with Crippen molar-refractivity contribution in [3.63, 3.8) is 0 Å². The highest BCUT2D eigenvalue weighted by molar-refractivity contribution is 5.79. The van der Waals surface area contributed by atoms with E-state index in [9.17, 15) is 22.8 Å². The molecule has 2 rings (SSSR count). The lowest BCUT2D eigenvalue weighted by molar-refractivity contribution is -0.140. The first-order valence-electron chi connectivity index (χ1n) is 8.60. The van der Waals surface area contributed by atoms with E-state index in [1.807, 2.05) is 11.8 Å². The molecule has 1 heterocycles. The third kappa shape index (κ3) is 5.45. The summed E-state index contributed by atoms with van der Waals surface area (Å²) in [5.41, 5.74) is -0.415. The number of hydrogen-bond acceptors (Lipinski definition) is 3. The molecule has 0 saturated carbocycles. The highest BCUT2D eigenvalue weighted by atomic mass is 19.4. The number of carbonyl (C=O) groups is 2. The Kier molecular flexibility index (Phi) is 6.63. The number of benzene rings is 1. The Bertz CT molecular complexity index is 641. The Balaban J connectivity index is 1.91. The number of likely N-dealkylation sites (tertiary alicyclic amines) is 1. The summed E-state index contributed by atoms with van der Waals surface area (Å²) < 4.78 is 38.3. The number of rotatable bonds is 6. The Morgan fingerprint density at radius 1 is 1.27 bits per heavy atom. The lowest BCUT2D eigenvalue weighted by Gasteiger charge is -2.37. The summed E-state index contributed by atoms with van der Waals surface area (Å²) in [4.78, 5) is 26.8. The van der Waals surface area contributed by atoms with Crippen molar-refractivity contribution < 1.29 is 27.9 Å². The van der Waals surface area contributed by atoms with Crippen molar-refractivity contribution >= 4 is 11.9 Å². The summed E-state index contributed by atoms with van der Waals surface area (Å²) in [7, 11) is 0. The molecule has 0 bridgehead atoms. The molecular formula is C18H23F3N2O3. The van der Waals surface area contributed by atoms with Gasteiger partial charge in [0.25, 0.3) is 0 Å². The first kappa shape index (κ1) is 20.2. The number of carboxylic acids is 1. The molecule has 0 aromatic heterocycles. The van der Waals surface area contributed by atoms with E-state index >= 15 is 0 Å². The third-order valence-electron chi connectivity index (χ3n) is 4.69. The molecule has 0 radical (unpaired) electrons. The van der Waals surface area contributed by atoms with E-state index in [2.05, 4.69) is 0 Å². The van der Waals surface area contributed by atoms with Gasteiger partial charge in [0.05, 0.1) is 18.5 Å². The fourth-order valence-electron chi connectivity index (χ4n) is 3.30. The minimum absolute atomic E-state index is 0.0284. The molecule has 1 amide bonds. The SMILES string of the molecule is CCN(CC(=O)O)C1CCN(C(=O)Cc2cccc(C(F)(F)F)c2)CC1. The topological polar surface area (TPSA) is 60.9 Å². The van der Waals surface area contributed by atoms with Crippen LogP contribution >= 0.6 is 0 Å². The Morgan fingerprint density at radius 3 is 2.46 bits per heavy atom. The maximum Gasteiger partial charge on any atom is 0.416 e. The van der Waals surface area contributed by atoms with Gasteiger partial charge in [-0.1, -0.05) is 25.1 Å². The number of halogens is 3. The lowest BCUT2D eigenvalue weighted by Crippen LogP contribution is -2.48. The number of amides is 1. The molecule has 144 valence electrons.